The molecule has 0 heterocycles. The van der Waals surface area contributed by atoms with E-state index in [9.17, 15) is 9.90 Å². The van der Waals surface area contributed by atoms with Crippen molar-refractivity contribution in [1.29, 1.82) is 0 Å². The number of phenolic OH excluding ortho intramolecular Hbond substituents is 2. The summed E-state index contributed by atoms with van der Waals surface area (Å²) < 4.78 is 0. The van der Waals surface area contributed by atoms with E-state index < -0.39 is 11.7 Å². The molecule has 0 aliphatic heterocycles. The zero-order chi connectivity index (χ0) is 10.2. The third-order valence-electron chi connectivity index (χ3n) is 2.08. The Kier molecular flexibility index (Phi) is 2.14. The van der Waals surface area contributed by atoms with E-state index in [4.69, 9.17) is 10.2 Å². The van der Waals surface area contributed by atoms with Crippen molar-refractivity contribution in [3.63, 3.8) is 0 Å². The van der Waals surface area contributed by atoms with Gasteiger partial charge >= 0.3 is 5.97 Å². The molecular formula is C9H10O4. The molecule has 0 amide bonds. The topological polar surface area (TPSA) is 77.8 Å². The van der Waals surface area contributed by atoms with Gasteiger partial charge in [0.25, 0.3) is 0 Å². The molecule has 1 aromatic rings. The van der Waals surface area contributed by atoms with Gasteiger partial charge in [-0.15, -0.1) is 0 Å². The van der Waals surface area contributed by atoms with Gasteiger partial charge in [0, 0.05) is 0 Å². The summed E-state index contributed by atoms with van der Waals surface area (Å²) in [6.07, 6.45) is 0. The van der Waals surface area contributed by atoms with Gasteiger partial charge in [0.15, 0.2) is 11.5 Å². The second-order valence-corrected chi connectivity index (χ2v) is 2.85. The molecule has 0 aromatic heterocycles. The Balaban J connectivity index is 3.50. The molecule has 0 fully saturated rings. The fraction of sp³-hybridized carbons (Fsp3) is 0.222. The molecule has 3 N–H and O–H groups in total. The Bertz CT molecular complexity index is 368. The Morgan fingerprint density at radius 3 is 2.23 bits per heavy atom. The molecule has 0 aliphatic rings. The van der Waals surface area contributed by atoms with Gasteiger partial charge in [-0.25, -0.2) is 4.79 Å². The lowest BCUT2D eigenvalue weighted by atomic mass is 10.0. The lowest BCUT2D eigenvalue weighted by molar-refractivity contribution is 0.0695. The van der Waals surface area contributed by atoms with Gasteiger partial charge in [-0.05, 0) is 31.0 Å². The molecule has 0 saturated heterocycles. The molecule has 0 spiro atoms. The summed E-state index contributed by atoms with van der Waals surface area (Å²) in [4.78, 5) is 10.6. The summed E-state index contributed by atoms with van der Waals surface area (Å²) in [5, 5.41) is 27.1. The number of phenols is 2. The van der Waals surface area contributed by atoms with Crippen molar-refractivity contribution >= 4 is 5.97 Å². The van der Waals surface area contributed by atoms with E-state index in [0.717, 1.165) is 6.07 Å². The maximum absolute atomic E-state index is 10.6. The van der Waals surface area contributed by atoms with Gasteiger partial charge in [-0.2, -0.15) is 0 Å². The summed E-state index contributed by atoms with van der Waals surface area (Å²) in [5.41, 5.74) is 0.855. The highest BCUT2D eigenvalue weighted by Gasteiger charge is 2.15. The van der Waals surface area contributed by atoms with Gasteiger partial charge in [-0.1, -0.05) is 0 Å². The van der Waals surface area contributed by atoms with Crippen LogP contribution in [0.2, 0.25) is 0 Å². The summed E-state index contributed by atoms with van der Waals surface area (Å²) in [6, 6.07) is 1.04. The van der Waals surface area contributed by atoms with Crippen molar-refractivity contribution in [2.24, 2.45) is 0 Å². The zero-order valence-electron chi connectivity index (χ0n) is 7.33. The molecule has 0 aliphatic carbocycles. The molecule has 0 atom stereocenters. The van der Waals surface area contributed by atoms with Crippen molar-refractivity contribution in [3.8, 4) is 11.5 Å². The van der Waals surface area contributed by atoms with Crippen molar-refractivity contribution in [1.82, 2.24) is 0 Å². The van der Waals surface area contributed by atoms with Crippen LogP contribution in [0.1, 0.15) is 21.5 Å². The molecule has 0 bridgehead atoms. The highest BCUT2D eigenvalue weighted by atomic mass is 16.4. The van der Waals surface area contributed by atoms with Gasteiger partial charge in [-0.3, -0.25) is 0 Å². The minimum atomic E-state index is -1.11. The maximum atomic E-state index is 10.6. The van der Waals surface area contributed by atoms with E-state index in [0.29, 0.717) is 11.1 Å². The predicted octanol–water partition coefficient (Wildman–Crippen LogP) is 1.41. The fourth-order valence-electron chi connectivity index (χ4n) is 1.11. The number of hydrogen-bond acceptors (Lipinski definition) is 3. The van der Waals surface area contributed by atoms with E-state index in [1.54, 1.807) is 13.8 Å². The van der Waals surface area contributed by atoms with E-state index in [1.807, 2.05) is 0 Å². The number of aromatic carboxylic acids is 1. The first kappa shape index (κ1) is 9.38. The summed E-state index contributed by atoms with van der Waals surface area (Å²) >= 11 is 0. The molecule has 1 rings (SSSR count). The number of aromatic hydroxyl groups is 2. The Labute approximate surface area is 75.1 Å². The standard InChI is InChI=1S/C9H10O4/c1-4-5(2)8(11)7(10)3-6(4)9(12)13/h3,10-11H,1-2H3,(H,12,13). The minimum absolute atomic E-state index is 0.00722. The van der Waals surface area contributed by atoms with E-state index in [-0.39, 0.29) is 11.3 Å². The Morgan fingerprint density at radius 1 is 1.23 bits per heavy atom. The molecular weight excluding hydrogens is 172 g/mol. The van der Waals surface area contributed by atoms with Crippen LogP contribution >= 0.6 is 0 Å². The van der Waals surface area contributed by atoms with Crippen LogP contribution in [0.25, 0.3) is 0 Å². The van der Waals surface area contributed by atoms with Gasteiger partial charge in [0.2, 0.25) is 0 Å². The maximum Gasteiger partial charge on any atom is 0.336 e. The van der Waals surface area contributed by atoms with Crippen LogP contribution in [0.5, 0.6) is 11.5 Å². The van der Waals surface area contributed by atoms with E-state index in [1.165, 1.54) is 0 Å². The van der Waals surface area contributed by atoms with Gasteiger partial charge < -0.3 is 15.3 Å². The first-order valence-corrected chi connectivity index (χ1v) is 3.70. The van der Waals surface area contributed by atoms with Gasteiger partial charge in [0.1, 0.15) is 0 Å². The van der Waals surface area contributed by atoms with Crippen molar-refractivity contribution in [2.45, 2.75) is 13.8 Å². The normalized spacial score (nSPS) is 10.0. The second-order valence-electron chi connectivity index (χ2n) is 2.85. The van der Waals surface area contributed by atoms with E-state index >= 15 is 0 Å². The van der Waals surface area contributed by atoms with Crippen LogP contribution in [-0.4, -0.2) is 21.3 Å². The summed E-state index contributed by atoms with van der Waals surface area (Å²) in [7, 11) is 0. The molecule has 4 heteroatoms. The van der Waals surface area contributed by atoms with Crippen LogP contribution in [0.15, 0.2) is 6.07 Å². The number of benzene rings is 1. The van der Waals surface area contributed by atoms with Crippen LogP contribution in [0.4, 0.5) is 0 Å². The van der Waals surface area contributed by atoms with Crippen LogP contribution in [-0.2, 0) is 0 Å². The van der Waals surface area contributed by atoms with Crippen molar-refractivity contribution < 1.29 is 20.1 Å². The monoisotopic (exact) mass is 182 g/mol. The predicted molar refractivity (Wildman–Crippen MR) is 46.2 cm³/mol. The Hall–Kier alpha value is -1.71. The van der Waals surface area contributed by atoms with Crippen molar-refractivity contribution in [3.05, 3.63) is 22.8 Å². The highest BCUT2D eigenvalue weighted by Crippen LogP contribution is 2.32. The Morgan fingerprint density at radius 2 is 1.77 bits per heavy atom. The van der Waals surface area contributed by atoms with Crippen LogP contribution in [0, 0.1) is 13.8 Å². The number of rotatable bonds is 1. The lowest BCUT2D eigenvalue weighted by Gasteiger charge is -2.08. The number of carboxylic acid groups (broad SMARTS) is 1. The minimum Gasteiger partial charge on any atom is -0.504 e. The first-order chi connectivity index (χ1) is 5.95. The average Bonchev–Trinajstić information content (AvgIpc) is 2.07. The molecule has 70 valence electrons. The van der Waals surface area contributed by atoms with Crippen LogP contribution < -0.4 is 0 Å². The lowest BCUT2D eigenvalue weighted by Crippen LogP contribution is -2.01. The number of carboxylic acids is 1. The molecule has 13 heavy (non-hydrogen) atoms. The van der Waals surface area contributed by atoms with E-state index in [2.05, 4.69) is 0 Å². The SMILES string of the molecule is Cc1c(C(=O)O)cc(O)c(O)c1C. The smallest absolute Gasteiger partial charge is 0.336 e. The van der Waals surface area contributed by atoms with Crippen LogP contribution in [0.3, 0.4) is 0 Å². The third-order valence-corrected chi connectivity index (χ3v) is 2.08. The van der Waals surface area contributed by atoms with Gasteiger partial charge in [0.05, 0.1) is 5.56 Å². The zero-order valence-corrected chi connectivity index (χ0v) is 7.33. The molecule has 4 nitrogen and oxygen atoms in total. The average molecular weight is 182 g/mol. The third kappa shape index (κ3) is 1.42. The summed E-state index contributed by atoms with van der Waals surface area (Å²) in [5.74, 6) is -1.78. The molecule has 1 aromatic carbocycles. The number of carbonyl (C=O) groups is 1. The first-order valence-electron chi connectivity index (χ1n) is 3.70. The molecule has 0 saturated carbocycles. The molecule has 0 unspecified atom stereocenters. The fourth-order valence-corrected chi connectivity index (χ4v) is 1.11. The summed E-state index contributed by atoms with van der Waals surface area (Å²) in [6.45, 7) is 3.13. The largest absolute Gasteiger partial charge is 0.504 e. The second kappa shape index (κ2) is 2.97. The quantitative estimate of drug-likeness (QED) is 0.574. The highest BCUT2D eigenvalue weighted by molar-refractivity contribution is 5.90. The number of hydrogen-bond donors (Lipinski definition) is 3. The van der Waals surface area contributed by atoms with Crippen molar-refractivity contribution in [2.75, 3.05) is 0 Å². The molecule has 0 radical (unpaired) electrons.